The van der Waals surface area contributed by atoms with Crippen molar-refractivity contribution >= 4 is 17.3 Å². The first kappa shape index (κ1) is 20.4. The van der Waals surface area contributed by atoms with Crippen molar-refractivity contribution < 1.29 is 19.4 Å². The zero-order chi connectivity index (χ0) is 20.9. The van der Waals surface area contributed by atoms with Crippen molar-refractivity contribution in [3.05, 3.63) is 82.0 Å². The quantitative estimate of drug-likeness (QED) is 0.554. The molecule has 5 nitrogen and oxygen atoms in total. The number of hydrogen-bond acceptors (Lipinski definition) is 5. The Morgan fingerprint density at radius 1 is 1.17 bits per heavy atom. The molecule has 1 aliphatic rings. The van der Waals surface area contributed by atoms with Gasteiger partial charge in [-0.15, -0.1) is 0 Å². The van der Waals surface area contributed by atoms with E-state index in [1.807, 2.05) is 53.9 Å². The van der Waals surface area contributed by atoms with E-state index < -0.39 is 12.0 Å². The van der Waals surface area contributed by atoms with E-state index in [1.54, 1.807) is 18.4 Å². The number of benzene rings is 2. The van der Waals surface area contributed by atoms with Crippen molar-refractivity contribution in [3.63, 3.8) is 0 Å². The smallest absolute Gasteiger partial charge is 0.320 e. The topological polar surface area (TPSA) is 59.0 Å². The lowest BCUT2D eigenvalue weighted by atomic mass is 9.98. The Morgan fingerprint density at radius 2 is 2.00 bits per heavy atom. The third-order valence-electron chi connectivity index (χ3n) is 5.51. The van der Waals surface area contributed by atoms with Crippen molar-refractivity contribution in [3.8, 4) is 11.5 Å². The minimum atomic E-state index is -0.762. The van der Waals surface area contributed by atoms with Gasteiger partial charge in [0.05, 0.1) is 13.2 Å². The van der Waals surface area contributed by atoms with Crippen LogP contribution in [0.1, 0.15) is 35.6 Å². The Hall–Kier alpha value is -2.83. The van der Waals surface area contributed by atoms with Crippen molar-refractivity contribution in [2.45, 2.75) is 31.5 Å². The van der Waals surface area contributed by atoms with Gasteiger partial charge in [-0.2, -0.15) is 11.3 Å². The lowest BCUT2D eigenvalue weighted by Crippen LogP contribution is -2.39. The minimum Gasteiger partial charge on any atom is -0.493 e. The van der Waals surface area contributed by atoms with Crippen LogP contribution in [0.2, 0.25) is 0 Å². The summed E-state index contributed by atoms with van der Waals surface area (Å²) in [7, 11) is 1.63. The third-order valence-corrected chi connectivity index (χ3v) is 6.21. The summed E-state index contributed by atoms with van der Waals surface area (Å²) in [5.74, 6) is 0.558. The van der Waals surface area contributed by atoms with Gasteiger partial charge < -0.3 is 14.6 Å². The van der Waals surface area contributed by atoms with Crippen LogP contribution < -0.4 is 9.47 Å². The molecule has 1 saturated heterocycles. The monoisotopic (exact) mass is 423 g/mol. The predicted octanol–water partition coefficient (Wildman–Crippen LogP) is 4.97. The van der Waals surface area contributed by atoms with Gasteiger partial charge in [-0.05, 0) is 58.5 Å². The highest BCUT2D eigenvalue weighted by molar-refractivity contribution is 7.08. The maximum absolute atomic E-state index is 11.8. The molecule has 156 valence electrons. The maximum Gasteiger partial charge on any atom is 0.320 e. The number of hydrogen-bond donors (Lipinski definition) is 1. The van der Waals surface area contributed by atoms with Crippen molar-refractivity contribution in [2.75, 3.05) is 13.7 Å². The van der Waals surface area contributed by atoms with Crippen molar-refractivity contribution in [1.82, 2.24) is 4.90 Å². The average Bonchev–Trinajstić information content (AvgIpc) is 3.46. The molecule has 0 saturated carbocycles. The molecular formula is C24H25NO4S. The van der Waals surface area contributed by atoms with Gasteiger partial charge in [0, 0.05) is 6.54 Å². The largest absolute Gasteiger partial charge is 0.493 e. The Kier molecular flexibility index (Phi) is 6.35. The van der Waals surface area contributed by atoms with E-state index in [4.69, 9.17) is 9.47 Å². The molecule has 0 amide bonds. The summed E-state index contributed by atoms with van der Waals surface area (Å²) in [5, 5.41) is 13.8. The van der Waals surface area contributed by atoms with E-state index in [1.165, 1.54) is 0 Å². The molecule has 1 aromatic heterocycles. The standard InChI is InChI=1S/C24H25NO4S/c1-28-22-14-18(9-10-21(22)29-15-17-6-3-2-4-7-17)23(19-11-13-30-16-19)25-12-5-8-20(25)24(26)27/h2-4,6-7,9-11,13-14,16,20,23H,5,8,12,15H2,1H3,(H,26,27). The van der Waals surface area contributed by atoms with E-state index in [9.17, 15) is 9.90 Å². The van der Waals surface area contributed by atoms with E-state index in [-0.39, 0.29) is 6.04 Å². The average molecular weight is 424 g/mol. The number of aliphatic carboxylic acids is 1. The molecule has 0 radical (unpaired) electrons. The molecule has 0 bridgehead atoms. The number of nitrogens with zero attached hydrogens (tertiary/aromatic N) is 1. The van der Waals surface area contributed by atoms with Gasteiger partial charge in [0.25, 0.3) is 0 Å². The van der Waals surface area contributed by atoms with E-state index in [0.29, 0.717) is 24.5 Å². The van der Waals surface area contributed by atoms with Gasteiger partial charge in [0.15, 0.2) is 11.5 Å². The molecule has 1 N–H and O–H groups in total. The fourth-order valence-electron chi connectivity index (χ4n) is 4.08. The third kappa shape index (κ3) is 4.35. The van der Waals surface area contributed by atoms with Crippen LogP contribution in [0.5, 0.6) is 11.5 Å². The summed E-state index contributed by atoms with van der Waals surface area (Å²) < 4.78 is 11.6. The van der Waals surface area contributed by atoms with Gasteiger partial charge >= 0.3 is 5.97 Å². The normalized spacial score (nSPS) is 17.6. The summed E-state index contributed by atoms with van der Waals surface area (Å²) in [4.78, 5) is 13.9. The summed E-state index contributed by atoms with van der Waals surface area (Å²) in [5.41, 5.74) is 3.19. The van der Waals surface area contributed by atoms with Gasteiger partial charge in [0.1, 0.15) is 12.6 Å². The van der Waals surface area contributed by atoms with Crippen LogP contribution >= 0.6 is 11.3 Å². The lowest BCUT2D eigenvalue weighted by Gasteiger charge is -2.31. The molecule has 30 heavy (non-hydrogen) atoms. The number of rotatable bonds is 8. The van der Waals surface area contributed by atoms with Gasteiger partial charge in [-0.25, -0.2) is 0 Å². The summed E-state index contributed by atoms with van der Waals surface area (Å²) in [6, 6.07) is 17.4. The zero-order valence-electron chi connectivity index (χ0n) is 16.9. The fourth-order valence-corrected chi connectivity index (χ4v) is 4.76. The Labute approximate surface area is 180 Å². The molecular weight excluding hydrogens is 398 g/mol. The molecule has 3 aromatic rings. The summed E-state index contributed by atoms with van der Waals surface area (Å²) >= 11 is 1.62. The SMILES string of the molecule is COc1cc(C(c2ccsc2)N2CCCC2C(=O)O)ccc1OCc1ccccc1. The highest BCUT2D eigenvalue weighted by Crippen LogP contribution is 2.39. The van der Waals surface area contributed by atoms with Gasteiger partial charge in [-0.1, -0.05) is 36.4 Å². The van der Waals surface area contributed by atoms with Gasteiger partial charge in [-0.3, -0.25) is 9.69 Å². The number of methoxy groups -OCH3 is 1. The van der Waals surface area contributed by atoms with Crippen LogP contribution in [-0.4, -0.2) is 35.7 Å². The molecule has 6 heteroatoms. The molecule has 2 unspecified atom stereocenters. The first-order chi connectivity index (χ1) is 14.7. The maximum atomic E-state index is 11.8. The zero-order valence-corrected chi connectivity index (χ0v) is 17.7. The first-order valence-electron chi connectivity index (χ1n) is 10.0. The van der Waals surface area contributed by atoms with Crippen LogP contribution in [0, 0.1) is 0 Å². The van der Waals surface area contributed by atoms with Crippen molar-refractivity contribution in [1.29, 1.82) is 0 Å². The molecule has 2 aromatic carbocycles. The predicted molar refractivity (Wildman–Crippen MR) is 117 cm³/mol. The number of carboxylic acids is 1. The molecule has 0 spiro atoms. The molecule has 2 atom stereocenters. The number of ether oxygens (including phenoxy) is 2. The van der Waals surface area contributed by atoms with Crippen LogP contribution in [0.4, 0.5) is 0 Å². The van der Waals surface area contributed by atoms with Crippen LogP contribution in [0.15, 0.2) is 65.4 Å². The number of carbonyl (C=O) groups is 1. The van der Waals surface area contributed by atoms with Crippen LogP contribution in [0.3, 0.4) is 0 Å². The number of likely N-dealkylation sites (tertiary alicyclic amines) is 1. The van der Waals surface area contributed by atoms with Crippen molar-refractivity contribution in [2.24, 2.45) is 0 Å². The highest BCUT2D eigenvalue weighted by atomic mass is 32.1. The first-order valence-corrected chi connectivity index (χ1v) is 11.0. The van der Waals surface area contributed by atoms with Crippen LogP contribution in [-0.2, 0) is 11.4 Å². The lowest BCUT2D eigenvalue weighted by molar-refractivity contribution is -0.142. The molecule has 0 aliphatic carbocycles. The van der Waals surface area contributed by atoms with E-state index >= 15 is 0 Å². The minimum absolute atomic E-state index is 0.128. The number of thiophene rings is 1. The molecule has 1 aliphatic heterocycles. The second kappa shape index (κ2) is 9.32. The Morgan fingerprint density at radius 3 is 2.70 bits per heavy atom. The number of carboxylic acid groups (broad SMARTS) is 1. The fraction of sp³-hybridized carbons (Fsp3) is 0.292. The van der Waals surface area contributed by atoms with E-state index in [2.05, 4.69) is 16.3 Å². The molecule has 1 fully saturated rings. The highest BCUT2D eigenvalue weighted by Gasteiger charge is 2.37. The second-order valence-corrected chi connectivity index (χ2v) is 8.16. The molecule has 2 heterocycles. The van der Waals surface area contributed by atoms with Crippen LogP contribution in [0.25, 0.3) is 0 Å². The molecule has 4 rings (SSSR count). The second-order valence-electron chi connectivity index (χ2n) is 7.38. The Balaban J connectivity index is 1.63. The Bertz CT molecular complexity index is 974. The summed E-state index contributed by atoms with van der Waals surface area (Å²) in [6.45, 7) is 1.21. The van der Waals surface area contributed by atoms with Gasteiger partial charge in [0.2, 0.25) is 0 Å². The van der Waals surface area contributed by atoms with E-state index in [0.717, 1.165) is 29.7 Å². The summed E-state index contributed by atoms with van der Waals surface area (Å²) in [6.07, 6.45) is 1.55.